The highest BCUT2D eigenvalue weighted by molar-refractivity contribution is 7.85. The van der Waals surface area contributed by atoms with Crippen LogP contribution in [0.1, 0.15) is 119 Å². The number of hydrogen-bond donors (Lipinski definition) is 2. The molecule has 1 saturated heterocycles. The molecule has 17 heteroatoms. The smallest absolute Gasteiger partial charge is 0.333 e. The monoisotopic (exact) mass is 1130 g/mol. The van der Waals surface area contributed by atoms with Crippen LogP contribution in [0.15, 0.2) is 131 Å². The number of allylic oxidation sites excluding steroid dienone is 9. The first kappa shape index (κ1) is 63.2. The zero-order chi connectivity index (χ0) is 58.9. The predicted molar refractivity (Wildman–Crippen MR) is 321 cm³/mol. The Labute approximate surface area is 476 Å². The summed E-state index contributed by atoms with van der Waals surface area (Å²) in [7, 11) is -6.07. The van der Waals surface area contributed by atoms with Crippen molar-refractivity contribution >= 4 is 71.0 Å². The van der Waals surface area contributed by atoms with Gasteiger partial charge in [0.05, 0.1) is 70.9 Å². The molecule has 3 aliphatic heterocycles. The molecule has 434 valence electrons. The van der Waals surface area contributed by atoms with Gasteiger partial charge in [0.1, 0.15) is 5.57 Å². The third-order valence-corrected chi connectivity index (χ3v) is 18.2. The van der Waals surface area contributed by atoms with Gasteiger partial charge in [0.2, 0.25) is 0 Å². The molecular weight excluding hydrogens is 1050 g/mol. The topological polar surface area (TPSA) is 187 Å². The number of carbonyl (C=O) groups excluding carboxylic acids is 3. The van der Waals surface area contributed by atoms with Gasteiger partial charge in [-0.1, -0.05) is 113 Å². The number of nitrogens with zero attached hydrogens (tertiary/aromatic N) is 4. The molecule has 4 aromatic carbocycles. The molecule has 1 aliphatic carbocycles. The van der Waals surface area contributed by atoms with Gasteiger partial charge in [-0.05, 0) is 131 Å². The van der Waals surface area contributed by atoms with Crippen LogP contribution < -0.4 is 19.6 Å². The second-order valence-electron chi connectivity index (χ2n) is 22.2. The van der Waals surface area contributed by atoms with E-state index in [2.05, 4.69) is 115 Å². The number of anilines is 2. The van der Waals surface area contributed by atoms with Gasteiger partial charge in [-0.3, -0.25) is 19.4 Å². The summed E-state index contributed by atoms with van der Waals surface area (Å²) < 4.78 is 69.3. The maximum atomic E-state index is 14.1. The Morgan fingerprint density at radius 3 is 1.18 bits per heavy atom. The number of fused-ring (bicyclic) bond motifs is 6. The summed E-state index contributed by atoms with van der Waals surface area (Å²) in [5.41, 5.74) is 6.69. The fourth-order valence-electron chi connectivity index (χ4n) is 11.7. The Balaban J connectivity index is 0.000000653. The fraction of sp³-hybridized carbons (Fsp3) is 0.476. The van der Waals surface area contributed by atoms with Crippen molar-refractivity contribution in [1.82, 2.24) is 9.80 Å². The van der Waals surface area contributed by atoms with Gasteiger partial charge in [0.25, 0.3) is 11.8 Å². The maximum absolute atomic E-state index is 14.1. The van der Waals surface area contributed by atoms with Crippen LogP contribution in [0, 0.1) is 0 Å². The molecule has 2 fully saturated rings. The van der Waals surface area contributed by atoms with Crippen molar-refractivity contribution in [3.05, 3.63) is 142 Å². The summed E-state index contributed by atoms with van der Waals surface area (Å²) in [5, 5.41) is 4.14. The number of amides is 4. The summed E-state index contributed by atoms with van der Waals surface area (Å²) in [4.78, 5) is 51.0. The number of carbonyl (C=O) groups is 3. The molecule has 4 amide bonds. The number of benzene rings is 4. The SMILES string of the molecule is CC[NH+](CC)CC.CC[NH+](CC)CC.CN1C(=O)C(=C2C(=CC=C3N(CCCCS(=O)(=O)[O-])c4c(ccc5ccccc45)C3(C)C)CCC2=CC=C2N(CCCCS(=O)(=O)[O-])c3c(ccc4ccccc34)C2(C)C)C(=O)N(C)C1=O. The number of hydrogen-bond acceptors (Lipinski definition) is 11. The zero-order valence-electron chi connectivity index (χ0n) is 49.3. The first-order valence-electron chi connectivity index (χ1n) is 28.6. The number of rotatable bonds is 18. The molecule has 4 aromatic rings. The van der Waals surface area contributed by atoms with Gasteiger partial charge in [0, 0.05) is 71.7 Å². The molecular formula is C63H86N6O9S2. The van der Waals surface area contributed by atoms with Crippen LogP contribution >= 0.6 is 0 Å². The Morgan fingerprint density at radius 1 is 0.500 bits per heavy atom. The normalized spacial score (nSPS) is 19.1. The van der Waals surface area contributed by atoms with Gasteiger partial charge in [-0.25, -0.2) is 21.6 Å². The van der Waals surface area contributed by atoms with E-state index in [9.17, 15) is 40.3 Å². The largest absolute Gasteiger partial charge is 0.748 e. The van der Waals surface area contributed by atoms with E-state index in [1.165, 1.54) is 53.4 Å². The van der Waals surface area contributed by atoms with Crippen molar-refractivity contribution in [3.8, 4) is 0 Å². The van der Waals surface area contributed by atoms with E-state index in [1.807, 2.05) is 60.7 Å². The minimum Gasteiger partial charge on any atom is -0.748 e. The molecule has 0 radical (unpaired) electrons. The number of barbiturate groups is 1. The lowest BCUT2D eigenvalue weighted by atomic mass is 9.82. The van der Waals surface area contributed by atoms with E-state index in [-0.39, 0.29) is 18.4 Å². The molecule has 4 aliphatic rings. The third-order valence-electron chi connectivity index (χ3n) is 16.7. The van der Waals surface area contributed by atoms with Crippen LogP contribution in [0.5, 0.6) is 0 Å². The molecule has 3 heterocycles. The number of unbranched alkanes of at least 4 members (excludes halogenated alkanes) is 2. The Hall–Kier alpha value is -5.95. The van der Waals surface area contributed by atoms with E-state index < -0.39 is 60.4 Å². The van der Waals surface area contributed by atoms with Gasteiger partial charge in [-0.15, -0.1) is 0 Å². The van der Waals surface area contributed by atoms with Gasteiger partial charge < -0.3 is 28.7 Å². The van der Waals surface area contributed by atoms with Gasteiger partial charge >= 0.3 is 6.03 Å². The van der Waals surface area contributed by atoms with Gasteiger partial charge in [-0.2, -0.15) is 0 Å². The fourth-order valence-corrected chi connectivity index (χ4v) is 12.8. The Kier molecular flexibility index (Phi) is 21.1. The molecule has 2 N–H and O–H groups in total. The molecule has 8 rings (SSSR count). The first-order chi connectivity index (χ1) is 37.8. The summed E-state index contributed by atoms with van der Waals surface area (Å²) in [6, 6.07) is 23.8. The van der Waals surface area contributed by atoms with E-state index in [1.54, 1.807) is 9.80 Å². The van der Waals surface area contributed by atoms with E-state index in [4.69, 9.17) is 0 Å². The number of quaternary nitrogens is 2. The van der Waals surface area contributed by atoms with Crippen LogP contribution in [-0.4, -0.2) is 132 Å². The number of likely N-dealkylation sites (N-methyl/N-ethyl adjacent to an activating group) is 2. The lowest BCUT2D eigenvalue weighted by Gasteiger charge is -2.30. The van der Waals surface area contributed by atoms with Crippen molar-refractivity contribution in [3.63, 3.8) is 0 Å². The van der Waals surface area contributed by atoms with Crippen LogP contribution in [0.4, 0.5) is 16.2 Å². The second kappa shape index (κ2) is 26.8. The van der Waals surface area contributed by atoms with E-state index in [0.717, 1.165) is 76.4 Å². The van der Waals surface area contributed by atoms with Crippen LogP contribution in [0.2, 0.25) is 0 Å². The van der Waals surface area contributed by atoms with Crippen LogP contribution in [0.3, 0.4) is 0 Å². The van der Waals surface area contributed by atoms with Crippen molar-refractivity contribution in [2.45, 2.75) is 119 Å². The first-order valence-corrected chi connectivity index (χ1v) is 31.8. The summed E-state index contributed by atoms with van der Waals surface area (Å²) >= 11 is 0. The van der Waals surface area contributed by atoms with E-state index in [0.29, 0.717) is 44.3 Å². The lowest BCUT2D eigenvalue weighted by molar-refractivity contribution is -0.894. The Bertz CT molecular complexity index is 3100. The number of imide groups is 2. The van der Waals surface area contributed by atoms with Crippen molar-refractivity contribution < 1.29 is 50.1 Å². The molecule has 1 saturated carbocycles. The molecule has 15 nitrogen and oxygen atoms in total. The van der Waals surface area contributed by atoms with Crippen LogP contribution in [-0.2, 0) is 40.7 Å². The second-order valence-corrected chi connectivity index (χ2v) is 25.3. The minimum absolute atomic E-state index is 0.113. The third kappa shape index (κ3) is 14.0. The average molecular weight is 1140 g/mol. The quantitative estimate of drug-likeness (QED) is 0.0424. The Morgan fingerprint density at radius 2 is 0.850 bits per heavy atom. The van der Waals surface area contributed by atoms with Gasteiger partial charge in [0.15, 0.2) is 0 Å². The van der Waals surface area contributed by atoms with Crippen molar-refractivity contribution in [2.75, 3.05) is 87.8 Å². The average Bonchev–Trinajstić information content (AvgIpc) is 4.03. The maximum Gasteiger partial charge on any atom is 0.333 e. The number of nitrogens with one attached hydrogen (secondary N) is 2. The summed E-state index contributed by atoms with van der Waals surface area (Å²) in [6.45, 7) is 30.3. The van der Waals surface area contributed by atoms with Crippen molar-refractivity contribution in [1.29, 1.82) is 0 Å². The molecule has 0 unspecified atom stereocenters. The number of urea groups is 1. The summed E-state index contributed by atoms with van der Waals surface area (Å²) in [6.07, 6.45) is 10.1. The molecule has 0 aromatic heterocycles. The lowest BCUT2D eigenvalue weighted by Crippen LogP contribution is -3.11. The predicted octanol–water partition coefficient (Wildman–Crippen LogP) is 8.16. The molecule has 80 heavy (non-hydrogen) atoms. The molecule has 0 spiro atoms. The molecule has 0 bridgehead atoms. The van der Waals surface area contributed by atoms with Crippen LogP contribution in [0.25, 0.3) is 21.5 Å². The highest BCUT2D eigenvalue weighted by atomic mass is 32.2. The zero-order valence-corrected chi connectivity index (χ0v) is 51.0. The highest BCUT2D eigenvalue weighted by Gasteiger charge is 2.44. The highest BCUT2D eigenvalue weighted by Crippen LogP contribution is 2.53. The molecule has 0 atom stereocenters. The van der Waals surface area contributed by atoms with E-state index >= 15 is 0 Å². The minimum atomic E-state index is -4.39. The van der Waals surface area contributed by atoms with Crippen molar-refractivity contribution in [2.24, 2.45) is 0 Å². The standard InChI is InChI=1S/C51H56N4O9S2.2C6H15N/c1-50(2)39-25-21-33-15-7-9-17-37(33)45(39)54(29-11-13-31-65(59,60)61)41(50)27-23-35-19-20-36(43(35)44-47(56)52(5)49(58)53(6)48(44)57)24-28-42-51(3,4)40-26-22-34-16-8-10-18-38(34)46(40)55(42)30-12-14-32-66(62,63)64;2*1-4-7(5-2)6-3/h7-10,15-18,21-28H,11-14,19-20,29-32H2,1-6H3,(H,59,60,61)(H,62,63,64);2*4-6H2,1-3H3. The summed E-state index contributed by atoms with van der Waals surface area (Å²) in [5.74, 6) is -2.34.